The van der Waals surface area contributed by atoms with Crippen LogP contribution in [0.4, 0.5) is 20.3 Å². The van der Waals surface area contributed by atoms with Gasteiger partial charge in [-0.25, -0.2) is 18.7 Å². The van der Waals surface area contributed by atoms with Crippen molar-refractivity contribution in [3.63, 3.8) is 0 Å². The molecule has 0 spiro atoms. The monoisotopic (exact) mass is 442 g/mol. The van der Waals surface area contributed by atoms with Crippen LogP contribution in [0.15, 0.2) is 24.4 Å². The summed E-state index contributed by atoms with van der Waals surface area (Å²) in [7, 11) is 1.54. The summed E-state index contributed by atoms with van der Waals surface area (Å²) >= 11 is 0. The number of carbonyl (C=O) groups excluding carboxylic acids is 2. The third kappa shape index (κ3) is 4.03. The summed E-state index contributed by atoms with van der Waals surface area (Å²) < 4.78 is 32.9. The topological polar surface area (TPSA) is 111 Å². The average molecular weight is 442 g/mol. The molecule has 11 heteroatoms. The predicted octanol–water partition coefficient (Wildman–Crippen LogP) is 1.66. The first kappa shape index (κ1) is 21.4. The first-order valence-electron chi connectivity index (χ1n) is 9.90. The van der Waals surface area contributed by atoms with Gasteiger partial charge < -0.3 is 19.9 Å². The number of likely N-dealkylation sites (N-methyl/N-ethyl adjacent to an activating group) is 1. The third-order valence-corrected chi connectivity index (χ3v) is 5.41. The molecule has 1 unspecified atom stereocenters. The molecule has 1 atom stereocenters. The van der Waals surface area contributed by atoms with Gasteiger partial charge in [-0.2, -0.15) is 5.26 Å². The summed E-state index contributed by atoms with van der Waals surface area (Å²) in [5.41, 5.74) is 1.41. The molecule has 4 rings (SSSR count). The number of nitriles is 1. The van der Waals surface area contributed by atoms with E-state index in [4.69, 9.17) is 10.00 Å². The molecule has 2 aliphatic heterocycles. The van der Waals surface area contributed by atoms with Gasteiger partial charge in [-0.1, -0.05) is 0 Å². The van der Waals surface area contributed by atoms with Crippen LogP contribution in [0.25, 0.3) is 0 Å². The number of carbonyl (C=O) groups is 2. The highest BCUT2D eigenvalue weighted by molar-refractivity contribution is 6.02. The fourth-order valence-corrected chi connectivity index (χ4v) is 3.68. The molecule has 0 aliphatic carbocycles. The number of hydrogen-bond acceptors (Lipinski definition) is 7. The minimum atomic E-state index is -2.81. The molecule has 1 N–H and O–H groups in total. The Kier molecular flexibility index (Phi) is 5.38. The van der Waals surface area contributed by atoms with E-state index in [1.54, 1.807) is 19.1 Å². The summed E-state index contributed by atoms with van der Waals surface area (Å²) in [5, 5.41) is 11.6. The molecular weight excluding hydrogens is 422 g/mol. The van der Waals surface area contributed by atoms with Gasteiger partial charge in [-0.3, -0.25) is 9.59 Å². The van der Waals surface area contributed by atoms with Crippen LogP contribution in [-0.4, -0.2) is 60.5 Å². The number of anilines is 2. The summed E-state index contributed by atoms with van der Waals surface area (Å²) in [6.07, 6.45) is 1.11. The lowest BCUT2D eigenvalue weighted by molar-refractivity contribution is -0.120. The highest BCUT2D eigenvalue weighted by Gasteiger charge is 2.39. The molecule has 2 amide bonds. The van der Waals surface area contributed by atoms with E-state index in [9.17, 15) is 18.4 Å². The van der Waals surface area contributed by atoms with E-state index in [2.05, 4.69) is 15.3 Å². The fourth-order valence-electron chi connectivity index (χ4n) is 3.68. The molecule has 9 nitrogen and oxygen atoms in total. The number of nitrogens with zero attached hydrogens (tertiary/aromatic N) is 5. The van der Waals surface area contributed by atoms with Gasteiger partial charge >= 0.3 is 0 Å². The molecule has 166 valence electrons. The Morgan fingerprint density at radius 2 is 2.19 bits per heavy atom. The van der Waals surface area contributed by atoms with Crippen molar-refractivity contribution >= 4 is 23.3 Å². The van der Waals surface area contributed by atoms with Crippen molar-refractivity contribution < 1.29 is 23.1 Å². The smallest absolute Gasteiger partial charge is 0.289 e. The summed E-state index contributed by atoms with van der Waals surface area (Å²) in [6.45, 7) is 1.16. The van der Waals surface area contributed by atoms with Crippen molar-refractivity contribution in [1.82, 2.24) is 15.3 Å². The Labute approximate surface area is 182 Å². The second-order valence-electron chi connectivity index (χ2n) is 7.76. The minimum Gasteiger partial charge on any atom is -0.489 e. The number of amides is 2. The molecule has 1 aromatic carbocycles. The van der Waals surface area contributed by atoms with E-state index < -0.39 is 30.3 Å². The number of nitrogens with one attached hydrogen (secondary N) is 1. The van der Waals surface area contributed by atoms with E-state index >= 15 is 0 Å². The lowest BCUT2D eigenvalue weighted by atomic mass is 10.2. The van der Waals surface area contributed by atoms with Gasteiger partial charge in [0.25, 0.3) is 17.7 Å². The van der Waals surface area contributed by atoms with Crippen LogP contribution in [0.5, 0.6) is 5.75 Å². The number of aromatic nitrogens is 2. The van der Waals surface area contributed by atoms with Gasteiger partial charge in [-0.15, -0.1) is 0 Å². The lowest BCUT2D eigenvalue weighted by Gasteiger charge is -2.21. The molecule has 1 fully saturated rings. The van der Waals surface area contributed by atoms with Crippen molar-refractivity contribution in [2.24, 2.45) is 0 Å². The van der Waals surface area contributed by atoms with Crippen LogP contribution < -0.4 is 19.9 Å². The van der Waals surface area contributed by atoms with Crippen LogP contribution in [0.3, 0.4) is 0 Å². The van der Waals surface area contributed by atoms with Crippen molar-refractivity contribution in [3.8, 4) is 11.8 Å². The standard InChI is InChI=1S/C21H20F2N6O3/c1-12-9-25-17(27-18(12)29-6-5-21(22,23)11-29)19(30)26-14-10-32-16-7-13(8-24)3-4-15(16)28(2)20(14)31/h3-4,7,9,14H,5-6,10-11H2,1-2H3,(H,26,30). The van der Waals surface area contributed by atoms with Crippen LogP contribution in [0.1, 0.15) is 28.2 Å². The van der Waals surface area contributed by atoms with Crippen LogP contribution in [0.2, 0.25) is 0 Å². The van der Waals surface area contributed by atoms with Crippen molar-refractivity contribution in [2.75, 3.05) is 36.5 Å². The molecule has 2 aromatic rings. The van der Waals surface area contributed by atoms with Gasteiger partial charge in [0.05, 0.1) is 23.9 Å². The maximum absolute atomic E-state index is 13.6. The second-order valence-corrected chi connectivity index (χ2v) is 7.76. The third-order valence-electron chi connectivity index (χ3n) is 5.41. The van der Waals surface area contributed by atoms with Gasteiger partial charge in [0.2, 0.25) is 5.82 Å². The highest BCUT2D eigenvalue weighted by Crippen LogP contribution is 2.32. The number of hydrogen-bond donors (Lipinski definition) is 1. The molecule has 1 aromatic heterocycles. The number of ether oxygens (including phenoxy) is 1. The molecule has 1 saturated heterocycles. The molecule has 3 heterocycles. The zero-order chi connectivity index (χ0) is 23.0. The second kappa shape index (κ2) is 8.03. The Morgan fingerprint density at radius 1 is 1.41 bits per heavy atom. The maximum atomic E-state index is 13.6. The Morgan fingerprint density at radius 3 is 2.88 bits per heavy atom. The van der Waals surface area contributed by atoms with Crippen LogP contribution in [-0.2, 0) is 4.79 Å². The van der Waals surface area contributed by atoms with Gasteiger partial charge in [0, 0.05) is 37.8 Å². The predicted molar refractivity (Wildman–Crippen MR) is 110 cm³/mol. The molecule has 2 aliphatic rings. The van der Waals surface area contributed by atoms with E-state index in [0.717, 1.165) is 0 Å². The average Bonchev–Trinajstić information content (AvgIpc) is 3.09. The number of alkyl halides is 2. The normalized spacial score (nSPS) is 19.6. The first-order valence-corrected chi connectivity index (χ1v) is 9.90. The van der Waals surface area contributed by atoms with Gasteiger partial charge in [0.15, 0.2) is 0 Å². The Balaban J connectivity index is 1.52. The van der Waals surface area contributed by atoms with E-state index in [1.165, 1.54) is 29.1 Å². The zero-order valence-electron chi connectivity index (χ0n) is 17.4. The number of benzene rings is 1. The molecule has 32 heavy (non-hydrogen) atoms. The van der Waals surface area contributed by atoms with E-state index in [1.807, 2.05) is 6.07 Å². The van der Waals surface area contributed by atoms with Gasteiger partial charge in [-0.05, 0) is 19.1 Å². The number of fused-ring (bicyclic) bond motifs is 1. The fraction of sp³-hybridized carbons (Fsp3) is 0.381. The SMILES string of the molecule is Cc1cnc(C(=O)NC2COc3cc(C#N)ccc3N(C)C2=O)nc1N1CCC(F)(F)C1. The Bertz CT molecular complexity index is 1130. The molecule has 0 saturated carbocycles. The lowest BCUT2D eigenvalue weighted by Crippen LogP contribution is -2.49. The zero-order valence-corrected chi connectivity index (χ0v) is 17.4. The number of halogens is 2. The molecule has 0 bridgehead atoms. The summed E-state index contributed by atoms with van der Waals surface area (Å²) in [5.74, 6) is -3.58. The quantitative estimate of drug-likeness (QED) is 0.769. The largest absolute Gasteiger partial charge is 0.489 e. The Hall–Kier alpha value is -3.81. The van der Waals surface area contributed by atoms with Crippen molar-refractivity contribution in [2.45, 2.75) is 25.3 Å². The van der Waals surface area contributed by atoms with E-state index in [0.29, 0.717) is 22.6 Å². The van der Waals surface area contributed by atoms with Crippen molar-refractivity contribution in [3.05, 3.63) is 41.3 Å². The number of aryl methyl sites for hydroxylation is 1. The summed E-state index contributed by atoms with van der Waals surface area (Å²) in [6, 6.07) is 5.65. The van der Waals surface area contributed by atoms with Crippen LogP contribution >= 0.6 is 0 Å². The molecule has 0 radical (unpaired) electrons. The number of rotatable bonds is 3. The summed E-state index contributed by atoms with van der Waals surface area (Å²) in [4.78, 5) is 36.6. The van der Waals surface area contributed by atoms with Crippen LogP contribution in [0, 0.1) is 18.3 Å². The highest BCUT2D eigenvalue weighted by atomic mass is 19.3. The maximum Gasteiger partial charge on any atom is 0.289 e. The first-order chi connectivity index (χ1) is 15.2. The van der Waals surface area contributed by atoms with Gasteiger partial charge in [0.1, 0.15) is 24.2 Å². The minimum absolute atomic E-state index is 0.120. The molecular formula is C21H20F2N6O3. The van der Waals surface area contributed by atoms with E-state index in [-0.39, 0.29) is 31.2 Å². The van der Waals surface area contributed by atoms with Crippen molar-refractivity contribution in [1.29, 1.82) is 5.26 Å².